The third kappa shape index (κ3) is 2.56. The smallest absolute Gasteiger partial charge is 0.0409 e. The van der Waals surface area contributed by atoms with Crippen molar-refractivity contribution in [1.29, 1.82) is 0 Å². The van der Waals surface area contributed by atoms with Crippen molar-refractivity contribution in [3.63, 3.8) is 0 Å². The Morgan fingerprint density at radius 1 is 1.33 bits per heavy atom. The van der Waals surface area contributed by atoms with Gasteiger partial charge in [0.2, 0.25) is 0 Å². The summed E-state index contributed by atoms with van der Waals surface area (Å²) in [5.41, 5.74) is 1.29. The van der Waals surface area contributed by atoms with Gasteiger partial charge in [0.25, 0.3) is 0 Å². The lowest BCUT2D eigenvalue weighted by atomic mass is 9.83. The van der Waals surface area contributed by atoms with Crippen LogP contribution in [0.25, 0.3) is 0 Å². The SMILES string of the molecule is C[C@H](NC1CN2CCC1CC2)c1cccc(Cl)c1. The Morgan fingerprint density at radius 2 is 2.11 bits per heavy atom. The second-order valence-corrected chi connectivity index (χ2v) is 6.12. The lowest BCUT2D eigenvalue weighted by molar-refractivity contribution is 0.0680. The summed E-state index contributed by atoms with van der Waals surface area (Å²) in [4.78, 5) is 2.59. The summed E-state index contributed by atoms with van der Waals surface area (Å²) in [6, 6.07) is 9.24. The number of hydrogen-bond donors (Lipinski definition) is 1. The zero-order valence-corrected chi connectivity index (χ0v) is 11.7. The van der Waals surface area contributed by atoms with Crippen LogP contribution < -0.4 is 5.32 Å². The first-order valence-electron chi connectivity index (χ1n) is 6.96. The molecule has 3 aliphatic rings. The maximum Gasteiger partial charge on any atom is 0.0409 e. The molecule has 3 heteroatoms. The summed E-state index contributed by atoms with van der Waals surface area (Å²) in [6.07, 6.45) is 2.72. The average Bonchev–Trinajstić information content (AvgIpc) is 2.40. The van der Waals surface area contributed by atoms with Crippen molar-refractivity contribution < 1.29 is 0 Å². The van der Waals surface area contributed by atoms with Gasteiger partial charge in [-0.2, -0.15) is 0 Å². The normalized spacial score (nSPS) is 32.4. The zero-order valence-electron chi connectivity index (χ0n) is 10.9. The summed E-state index contributed by atoms with van der Waals surface area (Å²) >= 11 is 6.06. The number of fused-ring (bicyclic) bond motifs is 3. The molecule has 2 bridgehead atoms. The predicted molar refractivity (Wildman–Crippen MR) is 76.0 cm³/mol. The van der Waals surface area contributed by atoms with Crippen molar-refractivity contribution in [2.75, 3.05) is 19.6 Å². The van der Waals surface area contributed by atoms with Gasteiger partial charge in [-0.05, 0) is 56.5 Å². The topological polar surface area (TPSA) is 15.3 Å². The monoisotopic (exact) mass is 264 g/mol. The Hall–Kier alpha value is -0.570. The molecule has 4 rings (SSSR count). The summed E-state index contributed by atoms with van der Waals surface area (Å²) in [7, 11) is 0. The van der Waals surface area contributed by atoms with E-state index in [0.29, 0.717) is 12.1 Å². The lowest BCUT2D eigenvalue weighted by Crippen LogP contribution is -2.56. The highest BCUT2D eigenvalue weighted by atomic mass is 35.5. The van der Waals surface area contributed by atoms with Crippen LogP contribution in [0, 0.1) is 5.92 Å². The van der Waals surface area contributed by atoms with E-state index in [0.717, 1.165) is 10.9 Å². The lowest BCUT2D eigenvalue weighted by Gasteiger charge is -2.46. The molecule has 0 aromatic heterocycles. The summed E-state index contributed by atoms with van der Waals surface area (Å²) in [6.45, 7) is 6.06. The van der Waals surface area contributed by atoms with E-state index in [9.17, 15) is 0 Å². The molecular weight excluding hydrogens is 244 g/mol. The van der Waals surface area contributed by atoms with Crippen LogP contribution in [0.4, 0.5) is 0 Å². The molecule has 3 fully saturated rings. The molecule has 1 unspecified atom stereocenters. The molecule has 3 aliphatic heterocycles. The molecule has 0 spiro atoms. The van der Waals surface area contributed by atoms with E-state index in [4.69, 9.17) is 11.6 Å². The van der Waals surface area contributed by atoms with Crippen molar-refractivity contribution in [2.24, 2.45) is 5.92 Å². The van der Waals surface area contributed by atoms with Crippen LogP contribution in [0.3, 0.4) is 0 Å². The zero-order chi connectivity index (χ0) is 12.5. The first kappa shape index (κ1) is 12.5. The first-order valence-corrected chi connectivity index (χ1v) is 7.34. The van der Waals surface area contributed by atoms with Crippen molar-refractivity contribution in [2.45, 2.75) is 31.8 Å². The van der Waals surface area contributed by atoms with Gasteiger partial charge in [-0.3, -0.25) is 0 Å². The average molecular weight is 265 g/mol. The predicted octanol–water partition coefficient (Wildman–Crippen LogP) is 3.08. The van der Waals surface area contributed by atoms with Gasteiger partial charge in [-0.25, -0.2) is 0 Å². The van der Waals surface area contributed by atoms with Gasteiger partial charge in [0.15, 0.2) is 0 Å². The number of nitrogens with one attached hydrogen (secondary N) is 1. The summed E-state index contributed by atoms with van der Waals surface area (Å²) in [5, 5.41) is 4.62. The molecule has 3 saturated heterocycles. The minimum absolute atomic E-state index is 0.384. The maximum absolute atomic E-state index is 6.06. The minimum Gasteiger partial charge on any atom is -0.306 e. The Bertz CT molecular complexity index is 413. The Morgan fingerprint density at radius 3 is 2.72 bits per heavy atom. The molecule has 1 aromatic rings. The fourth-order valence-electron chi connectivity index (χ4n) is 3.35. The van der Waals surface area contributed by atoms with E-state index >= 15 is 0 Å². The fraction of sp³-hybridized carbons (Fsp3) is 0.600. The van der Waals surface area contributed by atoms with Gasteiger partial charge in [0, 0.05) is 23.7 Å². The molecule has 18 heavy (non-hydrogen) atoms. The Kier molecular flexibility index (Phi) is 3.60. The van der Waals surface area contributed by atoms with Crippen LogP contribution in [0.2, 0.25) is 5.02 Å². The molecule has 2 nitrogen and oxygen atoms in total. The number of hydrogen-bond acceptors (Lipinski definition) is 2. The second kappa shape index (κ2) is 5.20. The second-order valence-electron chi connectivity index (χ2n) is 5.69. The molecule has 0 saturated carbocycles. The van der Waals surface area contributed by atoms with Crippen LogP contribution in [-0.2, 0) is 0 Å². The maximum atomic E-state index is 6.06. The van der Waals surface area contributed by atoms with Crippen molar-refractivity contribution in [3.8, 4) is 0 Å². The van der Waals surface area contributed by atoms with Gasteiger partial charge in [-0.1, -0.05) is 23.7 Å². The van der Waals surface area contributed by atoms with E-state index in [2.05, 4.69) is 29.3 Å². The van der Waals surface area contributed by atoms with Crippen LogP contribution in [0.15, 0.2) is 24.3 Å². The molecule has 0 amide bonds. The molecular formula is C15H21ClN2. The number of piperidine rings is 3. The van der Waals surface area contributed by atoms with Gasteiger partial charge >= 0.3 is 0 Å². The third-order valence-electron chi connectivity index (χ3n) is 4.47. The first-order chi connectivity index (χ1) is 8.72. The molecule has 1 N–H and O–H groups in total. The minimum atomic E-state index is 0.384. The molecule has 0 radical (unpaired) electrons. The number of benzene rings is 1. The van der Waals surface area contributed by atoms with Crippen LogP contribution in [0.1, 0.15) is 31.4 Å². The molecule has 1 aromatic carbocycles. The van der Waals surface area contributed by atoms with Gasteiger partial charge < -0.3 is 10.2 Å². The number of halogens is 1. The highest BCUT2D eigenvalue weighted by Gasteiger charge is 2.34. The quantitative estimate of drug-likeness (QED) is 0.903. The van der Waals surface area contributed by atoms with E-state index in [1.807, 2.05) is 12.1 Å². The molecule has 0 aliphatic carbocycles. The Balaban J connectivity index is 1.66. The van der Waals surface area contributed by atoms with Crippen molar-refractivity contribution >= 4 is 11.6 Å². The largest absolute Gasteiger partial charge is 0.306 e. The van der Waals surface area contributed by atoms with Gasteiger partial charge in [0.05, 0.1) is 0 Å². The summed E-state index contributed by atoms with van der Waals surface area (Å²) in [5.74, 6) is 0.872. The van der Waals surface area contributed by atoms with Crippen LogP contribution >= 0.6 is 11.6 Å². The molecule has 3 heterocycles. The van der Waals surface area contributed by atoms with E-state index in [1.165, 1.54) is 38.0 Å². The number of nitrogens with zero attached hydrogens (tertiary/aromatic N) is 1. The van der Waals surface area contributed by atoms with E-state index < -0.39 is 0 Å². The third-order valence-corrected chi connectivity index (χ3v) is 4.70. The fourth-order valence-corrected chi connectivity index (χ4v) is 3.55. The van der Waals surface area contributed by atoms with E-state index in [-0.39, 0.29) is 0 Å². The van der Waals surface area contributed by atoms with Gasteiger partial charge in [-0.15, -0.1) is 0 Å². The van der Waals surface area contributed by atoms with E-state index in [1.54, 1.807) is 0 Å². The molecule has 2 atom stereocenters. The molecule has 98 valence electrons. The van der Waals surface area contributed by atoms with Gasteiger partial charge in [0.1, 0.15) is 0 Å². The highest BCUT2D eigenvalue weighted by Crippen LogP contribution is 2.29. The van der Waals surface area contributed by atoms with Crippen molar-refractivity contribution in [3.05, 3.63) is 34.9 Å². The summed E-state index contributed by atoms with van der Waals surface area (Å²) < 4.78 is 0. The van der Waals surface area contributed by atoms with Crippen molar-refractivity contribution in [1.82, 2.24) is 10.2 Å². The highest BCUT2D eigenvalue weighted by molar-refractivity contribution is 6.30. The van der Waals surface area contributed by atoms with Crippen LogP contribution in [0.5, 0.6) is 0 Å². The standard InChI is InChI=1S/C15H21ClN2/c1-11(13-3-2-4-14(16)9-13)17-15-10-18-7-5-12(15)6-8-18/h2-4,9,11-12,15,17H,5-8,10H2,1H3/t11-,15?/m0/s1. The van der Waals surface area contributed by atoms with Crippen LogP contribution in [-0.4, -0.2) is 30.6 Å². The number of rotatable bonds is 3. The Labute approximate surface area is 114 Å².